The Morgan fingerprint density at radius 1 is 1.32 bits per heavy atom. The minimum atomic E-state index is -0.523. The molecular formula is C19H16ClFN2O2. The first-order valence-corrected chi connectivity index (χ1v) is 8.43. The first-order valence-electron chi connectivity index (χ1n) is 8.05. The Hall–Kier alpha value is -2.40. The molecule has 4 nitrogen and oxygen atoms in total. The highest BCUT2D eigenvalue weighted by atomic mass is 35.5. The summed E-state index contributed by atoms with van der Waals surface area (Å²) in [5.74, 6) is 0.0175. The summed E-state index contributed by atoms with van der Waals surface area (Å²) in [6.07, 6.45) is 3.99. The molecule has 2 aromatic heterocycles. The average molecular weight is 359 g/mol. The van der Waals surface area contributed by atoms with Crippen LogP contribution >= 0.6 is 11.6 Å². The van der Waals surface area contributed by atoms with Gasteiger partial charge in [-0.1, -0.05) is 11.6 Å². The van der Waals surface area contributed by atoms with Crippen LogP contribution in [0.2, 0.25) is 5.02 Å². The molecular weight excluding hydrogens is 343 g/mol. The van der Waals surface area contributed by atoms with Gasteiger partial charge in [0.2, 0.25) is 0 Å². The lowest BCUT2D eigenvalue weighted by atomic mass is 10.1. The van der Waals surface area contributed by atoms with Gasteiger partial charge in [-0.15, -0.1) is 0 Å². The minimum Gasteiger partial charge on any atom is -0.453 e. The van der Waals surface area contributed by atoms with Crippen molar-refractivity contribution >= 4 is 28.6 Å². The zero-order valence-corrected chi connectivity index (χ0v) is 14.6. The topological polar surface area (TPSA) is 46.3 Å². The monoisotopic (exact) mass is 358 g/mol. The van der Waals surface area contributed by atoms with Crippen LogP contribution in [0.15, 0.2) is 34.9 Å². The number of hydrogen-bond donors (Lipinski definition) is 0. The highest BCUT2D eigenvalue weighted by Crippen LogP contribution is 2.45. The standard InChI is InChI=1S/C19H16ClFN2O2/c1-23(2)19(24)11-5-6-12(14(21)7-11)16-8-15-18(25-16)17(20)13(9-22-15)10-3-4-10/h5-10H,3-4H2,1-2H3. The first kappa shape index (κ1) is 16.1. The second-order valence-corrected chi connectivity index (χ2v) is 6.90. The number of aromatic nitrogens is 1. The van der Waals surface area contributed by atoms with E-state index < -0.39 is 5.82 Å². The minimum absolute atomic E-state index is 0.256. The summed E-state index contributed by atoms with van der Waals surface area (Å²) in [6.45, 7) is 0. The van der Waals surface area contributed by atoms with Crippen LogP contribution in [0.4, 0.5) is 4.39 Å². The van der Waals surface area contributed by atoms with E-state index in [1.54, 1.807) is 38.5 Å². The van der Waals surface area contributed by atoms with Gasteiger partial charge >= 0.3 is 0 Å². The van der Waals surface area contributed by atoms with E-state index in [-0.39, 0.29) is 17.0 Å². The lowest BCUT2D eigenvalue weighted by molar-refractivity contribution is 0.0827. The molecule has 3 aromatic rings. The van der Waals surface area contributed by atoms with Crippen molar-refractivity contribution in [3.05, 3.63) is 52.4 Å². The van der Waals surface area contributed by atoms with Gasteiger partial charge in [0.15, 0.2) is 5.58 Å². The second kappa shape index (κ2) is 5.85. The third kappa shape index (κ3) is 2.78. The number of fused-ring (bicyclic) bond motifs is 1. The van der Waals surface area contributed by atoms with Crippen molar-refractivity contribution in [3.63, 3.8) is 0 Å². The number of hydrogen-bond acceptors (Lipinski definition) is 3. The molecule has 25 heavy (non-hydrogen) atoms. The molecule has 1 saturated carbocycles. The largest absolute Gasteiger partial charge is 0.453 e. The SMILES string of the molecule is CN(C)C(=O)c1ccc(-c2cc3ncc(C4CC4)c(Cl)c3o2)c(F)c1. The van der Waals surface area contributed by atoms with Crippen molar-refractivity contribution in [2.45, 2.75) is 18.8 Å². The van der Waals surface area contributed by atoms with Crippen molar-refractivity contribution in [2.75, 3.05) is 14.1 Å². The Bertz CT molecular complexity index is 992. The number of pyridine rings is 1. The summed E-state index contributed by atoms with van der Waals surface area (Å²) in [5, 5.41) is 0.554. The molecule has 2 heterocycles. The Morgan fingerprint density at radius 2 is 2.08 bits per heavy atom. The highest BCUT2D eigenvalue weighted by Gasteiger charge is 2.28. The Morgan fingerprint density at radius 3 is 2.72 bits per heavy atom. The van der Waals surface area contributed by atoms with E-state index in [4.69, 9.17) is 16.0 Å². The number of carbonyl (C=O) groups is 1. The van der Waals surface area contributed by atoms with Crippen LogP contribution < -0.4 is 0 Å². The number of furan rings is 1. The van der Waals surface area contributed by atoms with Crippen molar-refractivity contribution in [1.29, 1.82) is 0 Å². The van der Waals surface area contributed by atoms with E-state index in [0.717, 1.165) is 18.4 Å². The Balaban J connectivity index is 1.77. The van der Waals surface area contributed by atoms with Gasteiger partial charge in [0.25, 0.3) is 5.91 Å². The zero-order valence-electron chi connectivity index (χ0n) is 13.8. The van der Waals surface area contributed by atoms with E-state index in [1.165, 1.54) is 11.0 Å². The van der Waals surface area contributed by atoms with E-state index in [0.29, 0.717) is 27.8 Å². The van der Waals surface area contributed by atoms with Gasteiger partial charge in [-0.25, -0.2) is 4.39 Å². The van der Waals surface area contributed by atoms with E-state index in [1.807, 2.05) is 0 Å². The van der Waals surface area contributed by atoms with Gasteiger partial charge < -0.3 is 9.32 Å². The lowest BCUT2D eigenvalue weighted by Crippen LogP contribution is -2.21. The fourth-order valence-electron chi connectivity index (χ4n) is 2.88. The quantitative estimate of drug-likeness (QED) is 0.671. The summed E-state index contributed by atoms with van der Waals surface area (Å²) in [6, 6.07) is 6.01. The Labute approximate surface area is 149 Å². The van der Waals surface area contributed by atoms with Gasteiger partial charge in [-0.3, -0.25) is 9.78 Å². The lowest BCUT2D eigenvalue weighted by Gasteiger charge is -2.10. The molecule has 1 fully saturated rings. The molecule has 0 unspecified atom stereocenters. The molecule has 0 saturated heterocycles. The van der Waals surface area contributed by atoms with Crippen LogP contribution in [0.25, 0.3) is 22.4 Å². The average Bonchev–Trinajstić information content (AvgIpc) is 3.32. The third-order valence-electron chi connectivity index (χ3n) is 4.41. The van der Waals surface area contributed by atoms with Crippen LogP contribution in [0, 0.1) is 5.82 Å². The number of benzene rings is 1. The fraction of sp³-hybridized carbons (Fsp3) is 0.263. The van der Waals surface area contributed by atoms with Crippen LogP contribution in [-0.2, 0) is 0 Å². The number of halogens is 2. The molecule has 4 rings (SSSR count). The van der Waals surface area contributed by atoms with Crippen LogP contribution in [0.1, 0.15) is 34.7 Å². The first-order chi connectivity index (χ1) is 12.0. The molecule has 0 N–H and O–H groups in total. The summed E-state index contributed by atoms with van der Waals surface area (Å²) in [5.41, 5.74) is 2.63. The molecule has 0 atom stereocenters. The van der Waals surface area contributed by atoms with Gasteiger partial charge in [-0.05, 0) is 42.5 Å². The molecule has 128 valence electrons. The van der Waals surface area contributed by atoms with Crippen molar-refractivity contribution in [1.82, 2.24) is 9.88 Å². The van der Waals surface area contributed by atoms with Gasteiger partial charge in [-0.2, -0.15) is 0 Å². The molecule has 0 aliphatic heterocycles. The summed E-state index contributed by atoms with van der Waals surface area (Å²) in [4.78, 5) is 17.7. The maximum absolute atomic E-state index is 14.5. The fourth-order valence-corrected chi connectivity index (χ4v) is 3.22. The molecule has 1 aromatic carbocycles. The van der Waals surface area contributed by atoms with E-state index >= 15 is 0 Å². The Kier molecular flexibility index (Phi) is 3.76. The molecule has 1 aliphatic rings. The van der Waals surface area contributed by atoms with Crippen molar-refractivity contribution in [3.8, 4) is 11.3 Å². The molecule has 6 heteroatoms. The number of nitrogens with zero attached hydrogens (tertiary/aromatic N) is 2. The van der Waals surface area contributed by atoms with E-state index in [9.17, 15) is 9.18 Å². The highest BCUT2D eigenvalue weighted by molar-refractivity contribution is 6.35. The smallest absolute Gasteiger partial charge is 0.253 e. The molecule has 0 radical (unpaired) electrons. The van der Waals surface area contributed by atoms with Crippen LogP contribution in [0.3, 0.4) is 0 Å². The predicted octanol–water partition coefficient (Wildman–Crippen LogP) is 4.87. The maximum Gasteiger partial charge on any atom is 0.253 e. The molecule has 1 aliphatic carbocycles. The number of amides is 1. The zero-order chi connectivity index (χ0) is 17.7. The van der Waals surface area contributed by atoms with Gasteiger partial charge in [0.05, 0.1) is 10.6 Å². The second-order valence-electron chi connectivity index (χ2n) is 6.52. The summed E-state index contributed by atoms with van der Waals surface area (Å²) < 4.78 is 20.3. The van der Waals surface area contributed by atoms with Crippen LogP contribution in [0.5, 0.6) is 0 Å². The maximum atomic E-state index is 14.5. The molecule has 0 bridgehead atoms. The summed E-state index contributed by atoms with van der Waals surface area (Å²) in [7, 11) is 3.25. The molecule has 0 spiro atoms. The van der Waals surface area contributed by atoms with Gasteiger partial charge in [0.1, 0.15) is 17.1 Å². The van der Waals surface area contributed by atoms with Crippen molar-refractivity contribution in [2.24, 2.45) is 0 Å². The normalized spacial score (nSPS) is 14.1. The summed E-state index contributed by atoms with van der Waals surface area (Å²) >= 11 is 6.44. The molecule has 1 amide bonds. The third-order valence-corrected chi connectivity index (χ3v) is 4.80. The van der Waals surface area contributed by atoms with Crippen molar-refractivity contribution < 1.29 is 13.6 Å². The van der Waals surface area contributed by atoms with E-state index in [2.05, 4.69) is 4.98 Å². The predicted molar refractivity (Wildman–Crippen MR) is 94.4 cm³/mol. The van der Waals surface area contributed by atoms with Gasteiger partial charge in [0, 0.05) is 31.9 Å². The number of carbonyl (C=O) groups excluding carboxylic acids is 1. The van der Waals surface area contributed by atoms with Crippen LogP contribution in [-0.4, -0.2) is 29.9 Å². The number of rotatable bonds is 3.